The van der Waals surface area contributed by atoms with Gasteiger partial charge in [0.15, 0.2) is 0 Å². The van der Waals surface area contributed by atoms with E-state index in [4.69, 9.17) is 17.0 Å². The van der Waals surface area contributed by atoms with Gasteiger partial charge in [-0.2, -0.15) is 4.31 Å². The second-order valence-corrected chi connectivity index (χ2v) is 12.1. The van der Waals surface area contributed by atoms with Crippen LogP contribution in [0.3, 0.4) is 0 Å². The molecule has 32 heavy (non-hydrogen) atoms. The fourth-order valence-electron chi connectivity index (χ4n) is 3.47. The highest BCUT2D eigenvalue weighted by Crippen LogP contribution is 2.33. The third-order valence-electron chi connectivity index (χ3n) is 5.52. The summed E-state index contributed by atoms with van der Waals surface area (Å²) < 4.78 is 28.8. The summed E-state index contributed by atoms with van der Waals surface area (Å²) in [5.74, 6) is 0.255. The Morgan fingerprint density at radius 2 is 1.91 bits per heavy atom. The highest BCUT2D eigenvalue weighted by molar-refractivity contribution is 7.91. The summed E-state index contributed by atoms with van der Waals surface area (Å²) in [6.45, 7) is 3.82. The number of amidine groups is 1. The molecule has 170 valence electrons. The van der Waals surface area contributed by atoms with Crippen molar-refractivity contribution in [2.24, 2.45) is 0 Å². The molecule has 0 unspecified atom stereocenters. The molecule has 4 rings (SSSR count). The van der Waals surface area contributed by atoms with Crippen LogP contribution in [0.4, 0.5) is 0 Å². The predicted molar refractivity (Wildman–Crippen MR) is 131 cm³/mol. The lowest BCUT2D eigenvalue weighted by molar-refractivity contribution is 0.0703. The van der Waals surface area contributed by atoms with Crippen molar-refractivity contribution in [2.75, 3.05) is 39.8 Å². The van der Waals surface area contributed by atoms with Gasteiger partial charge in [-0.15, -0.1) is 22.7 Å². The van der Waals surface area contributed by atoms with E-state index in [1.165, 1.54) is 27.0 Å². The van der Waals surface area contributed by atoms with Crippen molar-refractivity contribution in [3.05, 3.63) is 51.2 Å². The number of rotatable bonds is 5. The third-order valence-corrected chi connectivity index (χ3v) is 10.1. The fourth-order valence-corrected chi connectivity index (χ4v) is 7.58. The maximum absolute atomic E-state index is 13.1. The fraction of sp³-hybridized carbons (Fsp3) is 0.333. The van der Waals surface area contributed by atoms with Gasteiger partial charge in [0.25, 0.3) is 15.9 Å². The van der Waals surface area contributed by atoms with Crippen LogP contribution >= 0.6 is 34.3 Å². The highest BCUT2D eigenvalue weighted by atomic mass is 35.5. The number of hydrogen-bond acceptors (Lipinski definition) is 6. The molecular weight excluding hydrogens is 488 g/mol. The first kappa shape index (κ1) is 23.2. The monoisotopic (exact) mass is 510 g/mol. The minimum atomic E-state index is -3.63. The standard InChI is InChI=1S/C21H23ClN4O3S3/c1-3-24(2)20(23)15-10-18(30-13-15)21(27)25-6-8-26(9-7-25)32(28,29)19-11-14-4-5-16(22)12-17(14)31-19/h4-5,10-13,23H,3,6-9H2,1-2H3. The van der Waals surface area contributed by atoms with E-state index in [1.54, 1.807) is 29.2 Å². The van der Waals surface area contributed by atoms with E-state index in [2.05, 4.69) is 0 Å². The van der Waals surface area contributed by atoms with Crippen molar-refractivity contribution in [1.29, 1.82) is 5.41 Å². The molecule has 0 aliphatic carbocycles. The van der Waals surface area contributed by atoms with Crippen LogP contribution in [0.25, 0.3) is 10.1 Å². The molecule has 1 N–H and O–H groups in total. The molecule has 1 amide bonds. The van der Waals surface area contributed by atoms with Crippen LogP contribution in [0.5, 0.6) is 0 Å². The van der Waals surface area contributed by atoms with Crippen LogP contribution < -0.4 is 0 Å². The average molecular weight is 511 g/mol. The third kappa shape index (κ3) is 4.42. The molecule has 0 radical (unpaired) electrons. The van der Waals surface area contributed by atoms with Crippen molar-refractivity contribution in [1.82, 2.24) is 14.1 Å². The van der Waals surface area contributed by atoms with Gasteiger partial charge in [-0.1, -0.05) is 17.7 Å². The Hall–Kier alpha value is -1.98. The molecule has 11 heteroatoms. The number of nitrogens with one attached hydrogen (secondary N) is 1. The molecule has 2 aromatic heterocycles. The number of carbonyl (C=O) groups is 1. The largest absolute Gasteiger partial charge is 0.360 e. The molecule has 0 spiro atoms. The van der Waals surface area contributed by atoms with Crippen molar-refractivity contribution < 1.29 is 13.2 Å². The van der Waals surface area contributed by atoms with Crippen molar-refractivity contribution in [3.8, 4) is 0 Å². The number of carbonyl (C=O) groups excluding carboxylic acids is 1. The zero-order chi connectivity index (χ0) is 23.0. The normalized spacial score (nSPS) is 15.3. The summed E-state index contributed by atoms with van der Waals surface area (Å²) in [5, 5.41) is 11.4. The summed E-state index contributed by atoms with van der Waals surface area (Å²) in [7, 11) is -1.79. The Bertz CT molecular complexity index is 1280. The molecule has 1 aliphatic rings. The van der Waals surface area contributed by atoms with E-state index in [0.29, 0.717) is 40.9 Å². The van der Waals surface area contributed by atoms with Gasteiger partial charge in [-0.3, -0.25) is 10.2 Å². The van der Waals surface area contributed by atoms with Gasteiger partial charge in [0.2, 0.25) is 0 Å². The number of benzene rings is 1. The van der Waals surface area contributed by atoms with Crippen molar-refractivity contribution in [2.45, 2.75) is 11.1 Å². The van der Waals surface area contributed by atoms with Gasteiger partial charge < -0.3 is 9.80 Å². The molecule has 3 heterocycles. The SMILES string of the molecule is CCN(C)C(=N)c1csc(C(=O)N2CCN(S(=O)(=O)c3cc4ccc(Cl)cc4s3)CC2)c1. The number of hydrogen-bond donors (Lipinski definition) is 1. The quantitative estimate of drug-likeness (QED) is 0.414. The first-order valence-corrected chi connectivity index (χ1v) is 13.6. The number of nitrogens with zero attached hydrogens (tertiary/aromatic N) is 3. The number of amides is 1. The van der Waals surface area contributed by atoms with Crippen molar-refractivity contribution >= 4 is 66.1 Å². The lowest BCUT2D eigenvalue weighted by Crippen LogP contribution is -2.50. The number of piperazine rings is 1. The first-order chi connectivity index (χ1) is 15.2. The lowest BCUT2D eigenvalue weighted by Gasteiger charge is -2.33. The summed E-state index contributed by atoms with van der Waals surface area (Å²) in [5.41, 5.74) is 0.716. The molecule has 1 saturated heterocycles. The van der Waals surface area contributed by atoms with Gasteiger partial charge in [0.05, 0.1) is 4.88 Å². The topological polar surface area (TPSA) is 84.8 Å². The van der Waals surface area contributed by atoms with E-state index in [1.807, 2.05) is 30.3 Å². The summed E-state index contributed by atoms with van der Waals surface area (Å²) in [6, 6.07) is 8.75. The highest BCUT2D eigenvalue weighted by Gasteiger charge is 2.32. The van der Waals surface area contributed by atoms with Gasteiger partial charge in [-0.05, 0) is 36.6 Å². The summed E-state index contributed by atoms with van der Waals surface area (Å²) in [6.07, 6.45) is 0. The number of halogens is 1. The second kappa shape index (κ2) is 9.11. The molecule has 0 saturated carbocycles. The Morgan fingerprint density at radius 3 is 2.59 bits per heavy atom. The first-order valence-electron chi connectivity index (χ1n) is 10.1. The smallest absolute Gasteiger partial charge is 0.264 e. The minimum Gasteiger partial charge on any atom is -0.360 e. The van der Waals surface area contributed by atoms with Gasteiger partial charge in [-0.25, -0.2) is 8.42 Å². The lowest BCUT2D eigenvalue weighted by atomic mass is 10.2. The van der Waals surface area contributed by atoms with Crippen LogP contribution in [0.1, 0.15) is 22.2 Å². The second-order valence-electron chi connectivity index (χ2n) is 7.51. The van der Waals surface area contributed by atoms with E-state index < -0.39 is 10.0 Å². The maximum atomic E-state index is 13.1. The average Bonchev–Trinajstić information content (AvgIpc) is 3.45. The molecule has 1 aromatic carbocycles. The van der Waals surface area contributed by atoms with Gasteiger partial charge >= 0.3 is 0 Å². The van der Waals surface area contributed by atoms with Gasteiger partial charge in [0.1, 0.15) is 10.0 Å². The summed E-state index contributed by atoms with van der Waals surface area (Å²) in [4.78, 5) is 17.0. The molecule has 1 fully saturated rings. The van der Waals surface area contributed by atoms with E-state index >= 15 is 0 Å². The van der Waals surface area contributed by atoms with Crippen LogP contribution in [-0.2, 0) is 10.0 Å². The molecule has 1 aliphatic heterocycles. The summed E-state index contributed by atoms with van der Waals surface area (Å²) >= 11 is 8.55. The van der Waals surface area contributed by atoms with E-state index in [9.17, 15) is 13.2 Å². The molecule has 3 aromatic rings. The van der Waals surface area contributed by atoms with Crippen LogP contribution in [0.2, 0.25) is 5.02 Å². The Morgan fingerprint density at radius 1 is 1.19 bits per heavy atom. The molecule has 0 bridgehead atoms. The predicted octanol–water partition coefficient (Wildman–Crippen LogP) is 4.04. The molecule has 7 nitrogen and oxygen atoms in total. The Balaban J connectivity index is 1.43. The van der Waals surface area contributed by atoms with E-state index in [0.717, 1.165) is 10.1 Å². The van der Waals surface area contributed by atoms with E-state index in [-0.39, 0.29) is 23.2 Å². The Kier molecular flexibility index (Phi) is 6.60. The minimum absolute atomic E-state index is 0.123. The molecule has 0 atom stereocenters. The number of thiophene rings is 2. The van der Waals surface area contributed by atoms with Crippen LogP contribution in [-0.4, -0.2) is 74.0 Å². The zero-order valence-corrected chi connectivity index (χ0v) is 20.9. The van der Waals surface area contributed by atoms with Crippen molar-refractivity contribution in [3.63, 3.8) is 0 Å². The number of fused-ring (bicyclic) bond motifs is 1. The molecular formula is C21H23ClN4O3S3. The van der Waals surface area contributed by atoms with Crippen LogP contribution in [0.15, 0.2) is 39.9 Å². The van der Waals surface area contributed by atoms with Gasteiger partial charge in [0, 0.05) is 60.4 Å². The maximum Gasteiger partial charge on any atom is 0.264 e. The zero-order valence-electron chi connectivity index (χ0n) is 17.7. The number of sulfonamides is 1. The van der Waals surface area contributed by atoms with Crippen LogP contribution in [0, 0.1) is 5.41 Å². The Labute approximate surface area is 200 Å².